The van der Waals surface area contributed by atoms with Gasteiger partial charge in [-0.1, -0.05) is 12.1 Å². The zero-order chi connectivity index (χ0) is 12.3. The van der Waals surface area contributed by atoms with E-state index >= 15 is 0 Å². The first-order chi connectivity index (χ1) is 7.30. The Bertz CT molecular complexity index is 500. The fraction of sp³-hybridized carbons (Fsp3) is 0.250. The summed E-state index contributed by atoms with van der Waals surface area (Å²) in [6, 6.07) is 5.72. The lowest BCUT2D eigenvalue weighted by Gasteiger charge is -2.12. The average Bonchev–Trinajstić information content (AvgIpc) is 2.16. The van der Waals surface area contributed by atoms with Crippen LogP contribution in [0.5, 0.6) is 0 Å². The normalized spacial score (nSPS) is 11.7. The molecule has 0 aliphatic rings. The maximum atomic E-state index is 10.9. The van der Waals surface area contributed by atoms with Gasteiger partial charge < -0.3 is 0 Å². The molecule has 0 atom stereocenters. The van der Waals surface area contributed by atoms with Crippen LogP contribution in [-0.2, 0) is 16.8 Å². The maximum absolute atomic E-state index is 10.9. The monoisotopic (exact) mass is 245 g/mol. The van der Waals surface area contributed by atoms with Crippen molar-refractivity contribution >= 4 is 15.9 Å². The molecule has 0 radical (unpaired) electrons. The Hall–Kier alpha value is -1.51. The highest BCUT2D eigenvalue weighted by Gasteiger charge is 2.13. The Kier molecular flexibility index (Phi) is 3.58. The van der Waals surface area contributed by atoms with Crippen molar-refractivity contribution in [2.45, 2.75) is 6.54 Å². The van der Waals surface area contributed by atoms with Crippen molar-refractivity contribution in [2.24, 2.45) is 5.14 Å². The molecule has 0 fully saturated rings. The van der Waals surface area contributed by atoms with E-state index in [-0.39, 0.29) is 12.2 Å². The molecule has 0 aliphatic heterocycles. The third-order valence-electron chi connectivity index (χ3n) is 1.96. The Morgan fingerprint density at radius 1 is 1.50 bits per heavy atom. The van der Waals surface area contributed by atoms with Gasteiger partial charge in [0.15, 0.2) is 0 Å². The Morgan fingerprint density at radius 3 is 2.62 bits per heavy atom. The molecule has 0 saturated heterocycles. The van der Waals surface area contributed by atoms with Gasteiger partial charge >= 0.3 is 0 Å². The first-order valence-electron chi connectivity index (χ1n) is 4.28. The smallest absolute Gasteiger partial charge is 0.258 e. The predicted molar refractivity (Wildman–Crippen MR) is 57.7 cm³/mol. The number of rotatable bonds is 4. The predicted octanol–water partition coefficient (Wildman–Crippen LogP) is 0.230. The van der Waals surface area contributed by atoms with Crippen LogP contribution in [0, 0.1) is 10.1 Å². The molecule has 0 heterocycles. The van der Waals surface area contributed by atoms with E-state index < -0.39 is 15.1 Å². The van der Waals surface area contributed by atoms with Gasteiger partial charge in [0.2, 0.25) is 0 Å². The molecule has 0 amide bonds. The molecule has 0 aliphatic carbocycles. The number of nitrogens with two attached hydrogens (primary N) is 1. The number of hydrogen-bond donors (Lipinski definition) is 1. The summed E-state index contributed by atoms with van der Waals surface area (Å²) in [6.07, 6.45) is 0. The first-order valence-corrected chi connectivity index (χ1v) is 5.78. The fourth-order valence-corrected chi connectivity index (χ4v) is 1.44. The van der Waals surface area contributed by atoms with E-state index in [1.807, 2.05) is 0 Å². The van der Waals surface area contributed by atoms with Gasteiger partial charge in [0.25, 0.3) is 15.9 Å². The van der Waals surface area contributed by atoms with E-state index in [1.54, 1.807) is 6.07 Å². The zero-order valence-corrected chi connectivity index (χ0v) is 9.35. The third kappa shape index (κ3) is 3.26. The number of nitrogens with zero attached hydrogens (tertiary/aromatic N) is 2. The molecule has 2 N–H and O–H groups in total. The largest absolute Gasteiger partial charge is 0.276 e. The lowest BCUT2D eigenvalue weighted by atomic mass is 10.2. The van der Waals surface area contributed by atoms with Crippen LogP contribution in [0.3, 0.4) is 0 Å². The lowest BCUT2D eigenvalue weighted by molar-refractivity contribution is -0.384. The molecule has 1 aromatic rings. The SMILES string of the molecule is CN(Cc1cccc([N+](=O)[O-])c1)S(N)(=O)=O. The molecule has 0 unspecified atom stereocenters. The van der Waals surface area contributed by atoms with Gasteiger partial charge in [0.1, 0.15) is 0 Å². The minimum Gasteiger partial charge on any atom is -0.258 e. The van der Waals surface area contributed by atoms with Crippen molar-refractivity contribution in [3.8, 4) is 0 Å². The second-order valence-electron chi connectivity index (χ2n) is 3.23. The van der Waals surface area contributed by atoms with Crippen molar-refractivity contribution in [1.29, 1.82) is 0 Å². The summed E-state index contributed by atoms with van der Waals surface area (Å²) in [5.74, 6) is 0. The van der Waals surface area contributed by atoms with Crippen LogP contribution < -0.4 is 5.14 Å². The molecule has 1 rings (SSSR count). The molecule has 0 aromatic heterocycles. The molecule has 8 heteroatoms. The third-order valence-corrected chi connectivity index (χ3v) is 2.96. The van der Waals surface area contributed by atoms with Crippen LogP contribution in [0.15, 0.2) is 24.3 Å². The zero-order valence-electron chi connectivity index (χ0n) is 8.53. The van der Waals surface area contributed by atoms with Gasteiger partial charge in [0.05, 0.1) is 4.92 Å². The van der Waals surface area contributed by atoms with Crippen molar-refractivity contribution in [2.75, 3.05) is 7.05 Å². The second kappa shape index (κ2) is 4.56. The number of benzene rings is 1. The van der Waals surface area contributed by atoms with Gasteiger partial charge in [0, 0.05) is 25.7 Å². The summed E-state index contributed by atoms with van der Waals surface area (Å²) in [5.41, 5.74) is 0.422. The minimum atomic E-state index is -3.77. The number of nitro benzene ring substituents is 1. The number of nitro groups is 1. The standard InChI is InChI=1S/C8H11N3O4S/c1-10(16(9,14)15)6-7-3-2-4-8(5-7)11(12)13/h2-5H,6H2,1H3,(H2,9,14,15). The van der Waals surface area contributed by atoms with Gasteiger partial charge in [-0.25, -0.2) is 5.14 Å². The molecular formula is C8H11N3O4S. The highest BCUT2D eigenvalue weighted by atomic mass is 32.2. The Labute approximate surface area is 92.8 Å². The molecule has 0 bridgehead atoms. The number of non-ortho nitro benzene ring substituents is 1. The molecule has 7 nitrogen and oxygen atoms in total. The van der Waals surface area contributed by atoms with Crippen molar-refractivity contribution in [3.63, 3.8) is 0 Å². The summed E-state index contributed by atoms with van der Waals surface area (Å²) < 4.78 is 22.8. The topological polar surface area (TPSA) is 107 Å². The fourth-order valence-electron chi connectivity index (χ4n) is 1.12. The van der Waals surface area contributed by atoms with E-state index in [0.29, 0.717) is 5.56 Å². The van der Waals surface area contributed by atoms with Crippen molar-refractivity contribution in [3.05, 3.63) is 39.9 Å². The Morgan fingerprint density at radius 2 is 2.12 bits per heavy atom. The first kappa shape index (κ1) is 12.6. The molecule has 16 heavy (non-hydrogen) atoms. The van der Waals surface area contributed by atoms with Crippen LogP contribution in [0.25, 0.3) is 0 Å². The summed E-state index contributed by atoms with van der Waals surface area (Å²) in [6.45, 7) is 0.000509. The van der Waals surface area contributed by atoms with E-state index in [2.05, 4.69) is 0 Å². The van der Waals surface area contributed by atoms with Gasteiger partial charge in [-0.05, 0) is 5.56 Å². The lowest BCUT2D eigenvalue weighted by Crippen LogP contribution is -2.32. The van der Waals surface area contributed by atoms with E-state index in [9.17, 15) is 18.5 Å². The molecular weight excluding hydrogens is 234 g/mol. The summed E-state index contributed by atoms with van der Waals surface area (Å²) in [4.78, 5) is 9.94. The Balaban J connectivity index is 2.90. The summed E-state index contributed by atoms with van der Waals surface area (Å²) in [5, 5.41) is 15.4. The molecule has 0 saturated carbocycles. The average molecular weight is 245 g/mol. The van der Waals surface area contributed by atoms with Crippen LogP contribution in [-0.4, -0.2) is 24.7 Å². The van der Waals surface area contributed by atoms with Crippen LogP contribution in [0.1, 0.15) is 5.56 Å². The molecule has 88 valence electrons. The van der Waals surface area contributed by atoms with Crippen molar-refractivity contribution in [1.82, 2.24) is 4.31 Å². The van der Waals surface area contributed by atoms with E-state index in [4.69, 9.17) is 5.14 Å². The highest BCUT2D eigenvalue weighted by molar-refractivity contribution is 7.86. The van der Waals surface area contributed by atoms with Crippen LogP contribution >= 0.6 is 0 Å². The number of hydrogen-bond acceptors (Lipinski definition) is 4. The minimum absolute atomic E-state index is 0.000509. The van der Waals surface area contributed by atoms with Crippen LogP contribution in [0.2, 0.25) is 0 Å². The summed E-state index contributed by atoms with van der Waals surface area (Å²) >= 11 is 0. The molecule has 1 aromatic carbocycles. The van der Waals surface area contributed by atoms with Gasteiger partial charge in [-0.3, -0.25) is 10.1 Å². The molecule has 0 spiro atoms. The van der Waals surface area contributed by atoms with E-state index in [0.717, 1.165) is 4.31 Å². The van der Waals surface area contributed by atoms with Gasteiger partial charge in [-0.2, -0.15) is 12.7 Å². The summed E-state index contributed by atoms with van der Waals surface area (Å²) in [7, 11) is -2.47. The van der Waals surface area contributed by atoms with Gasteiger partial charge in [-0.15, -0.1) is 0 Å². The highest BCUT2D eigenvalue weighted by Crippen LogP contribution is 2.14. The van der Waals surface area contributed by atoms with Crippen molar-refractivity contribution < 1.29 is 13.3 Å². The maximum Gasteiger partial charge on any atom is 0.276 e. The van der Waals surface area contributed by atoms with Crippen LogP contribution in [0.4, 0.5) is 5.69 Å². The van der Waals surface area contributed by atoms with E-state index in [1.165, 1.54) is 25.2 Å². The quantitative estimate of drug-likeness (QED) is 0.605. The second-order valence-corrected chi connectivity index (χ2v) is 4.88.